The van der Waals surface area contributed by atoms with Gasteiger partial charge >= 0.3 is 6.18 Å². The molecule has 0 aliphatic heterocycles. The molecule has 0 spiro atoms. The lowest BCUT2D eigenvalue weighted by Crippen LogP contribution is -2.18. The van der Waals surface area contributed by atoms with Gasteiger partial charge in [-0.25, -0.2) is 0 Å². The van der Waals surface area contributed by atoms with Crippen molar-refractivity contribution in [1.82, 2.24) is 0 Å². The molecule has 1 rings (SSSR count). The van der Waals surface area contributed by atoms with Gasteiger partial charge in [-0.2, -0.15) is 13.2 Å². The average molecular weight is 247 g/mol. The highest BCUT2D eigenvalue weighted by molar-refractivity contribution is 5.26. The fraction of sp³-hybridized carbons (Fsp3) is 0.500. The molecule has 0 aliphatic carbocycles. The number of methoxy groups -OCH3 is 1. The Morgan fingerprint density at radius 1 is 1.24 bits per heavy atom. The number of rotatable bonds is 4. The number of ether oxygens (including phenoxy) is 1. The second-order valence-electron chi connectivity index (χ2n) is 4.01. The van der Waals surface area contributed by atoms with Crippen LogP contribution < -0.4 is 5.73 Å². The highest BCUT2D eigenvalue weighted by atomic mass is 19.4. The molecule has 0 amide bonds. The lowest BCUT2D eigenvalue weighted by Gasteiger charge is -2.17. The van der Waals surface area contributed by atoms with Crippen LogP contribution in [0.15, 0.2) is 24.3 Å². The molecule has 0 radical (unpaired) electrons. The van der Waals surface area contributed by atoms with E-state index in [-0.39, 0.29) is 12.1 Å². The van der Waals surface area contributed by atoms with Gasteiger partial charge in [-0.15, -0.1) is 0 Å². The summed E-state index contributed by atoms with van der Waals surface area (Å²) in [4.78, 5) is 0. The summed E-state index contributed by atoms with van der Waals surface area (Å²) in [5.41, 5.74) is 5.89. The van der Waals surface area contributed by atoms with E-state index in [1.54, 1.807) is 7.11 Å². The zero-order valence-corrected chi connectivity index (χ0v) is 9.79. The molecular weight excluding hydrogens is 231 g/mol. The van der Waals surface area contributed by atoms with Crippen molar-refractivity contribution in [1.29, 1.82) is 0 Å². The van der Waals surface area contributed by atoms with Crippen LogP contribution in [-0.4, -0.2) is 13.2 Å². The van der Waals surface area contributed by atoms with Crippen LogP contribution in [0.25, 0.3) is 0 Å². The van der Waals surface area contributed by atoms with E-state index in [4.69, 9.17) is 10.5 Å². The molecule has 2 nitrogen and oxygen atoms in total. The van der Waals surface area contributed by atoms with Gasteiger partial charge in [0.1, 0.15) is 0 Å². The molecule has 0 aromatic heterocycles. The maximum atomic E-state index is 12.3. The van der Waals surface area contributed by atoms with Crippen LogP contribution in [0.4, 0.5) is 13.2 Å². The van der Waals surface area contributed by atoms with Gasteiger partial charge in [0.25, 0.3) is 0 Å². The predicted molar refractivity (Wildman–Crippen MR) is 59.5 cm³/mol. The fourth-order valence-electron chi connectivity index (χ4n) is 1.51. The third-order valence-corrected chi connectivity index (χ3v) is 2.65. The maximum Gasteiger partial charge on any atom is 0.416 e. The third kappa shape index (κ3) is 4.02. The third-order valence-electron chi connectivity index (χ3n) is 2.65. The Morgan fingerprint density at radius 3 is 2.18 bits per heavy atom. The van der Waals surface area contributed by atoms with Crippen molar-refractivity contribution in [3.63, 3.8) is 0 Å². The fourth-order valence-corrected chi connectivity index (χ4v) is 1.51. The lowest BCUT2D eigenvalue weighted by molar-refractivity contribution is -0.137. The molecule has 2 unspecified atom stereocenters. The molecular formula is C12H16F3NO. The Bertz CT molecular complexity index is 348. The minimum atomic E-state index is -4.30. The first-order valence-electron chi connectivity index (χ1n) is 5.30. The molecule has 0 bridgehead atoms. The summed E-state index contributed by atoms with van der Waals surface area (Å²) in [7, 11) is 1.57. The van der Waals surface area contributed by atoms with Crippen LogP contribution in [-0.2, 0) is 10.9 Å². The largest absolute Gasteiger partial charge is 0.416 e. The molecule has 0 fully saturated rings. The maximum absolute atomic E-state index is 12.3. The number of benzene rings is 1. The quantitative estimate of drug-likeness (QED) is 0.887. The molecule has 2 atom stereocenters. The van der Waals surface area contributed by atoms with Gasteiger partial charge in [0, 0.05) is 13.2 Å². The van der Waals surface area contributed by atoms with E-state index >= 15 is 0 Å². The SMILES string of the molecule is COC(C)CC(N)c1ccc(C(F)(F)F)cc1. The van der Waals surface area contributed by atoms with Crippen LogP contribution >= 0.6 is 0 Å². The van der Waals surface area contributed by atoms with E-state index in [0.717, 1.165) is 12.1 Å². The molecule has 2 N–H and O–H groups in total. The summed E-state index contributed by atoms with van der Waals surface area (Å²) in [6.45, 7) is 1.87. The number of nitrogens with two attached hydrogens (primary N) is 1. The smallest absolute Gasteiger partial charge is 0.382 e. The Hall–Kier alpha value is -1.07. The van der Waals surface area contributed by atoms with Gasteiger partial charge < -0.3 is 10.5 Å². The van der Waals surface area contributed by atoms with Crippen LogP contribution in [0.2, 0.25) is 0 Å². The van der Waals surface area contributed by atoms with Gasteiger partial charge in [0.15, 0.2) is 0 Å². The number of alkyl halides is 3. The molecule has 0 saturated carbocycles. The van der Waals surface area contributed by atoms with E-state index < -0.39 is 11.7 Å². The van der Waals surface area contributed by atoms with Crippen molar-refractivity contribution in [2.45, 2.75) is 31.7 Å². The normalized spacial score (nSPS) is 15.6. The standard InChI is InChI=1S/C12H16F3NO/c1-8(17-2)7-11(16)9-3-5-10(6-4-9)12(13,14)15/h3-6,8,11H,7,16H2,1-2H3. The van der Waals surface area contributed by atoms with E-state index in [1.807, 2.05) is 6.92 Å². The molecule has 1 aromatic carbocycles. The van der Waals surface area contributed by atoms with Gasteiger partial charge in [0.2, 0.25) is 0 Å². The number of hydrogen-bond acceptors (Lipinski definition) is 2. The summed E-state index contributed by atoms with van der Waals surface area (Å²) in [5.74, 6) is 0. The van der Waals surface area contributed by atoms with Crippen molar-refractivity contribution in [2.75, 3.05) is 7.11 Å². The average Bonchev–Trinajstić information content (AvgIpc) is 2.27. The zero-order valence-electron chi connectivity index (χ0n) is 9.79. The van der Waals surface area contributed by atoms with E-state index in [9.17, 15) is 13.2 Å². The van der Waals surface area contributed by atoms with Crippen LogP contribution in [0, 0.1) is 0 Å². The second kappa shape index (κ2) is 5.51. The Balaban J connectivity index is 2.74. The Kier molecular flexibility index (Phi) is 4.54. The summed E-state index contributed by atoms with van der Waals surface area (Å²) in [6.07, 6.45) is -3.75. The number of hydrogen-bond donors (Lipinski definition) is 1. The van der Waals surface area contributed by atoms with Crippen LogP contribution in [0.5, 0.6) is 0 Å². The first-order valence-corrected chi connectivity index (χ1v) is 5.30. The van der Waals surface area contributed by atoms with Crippen LogP contribution in [0.1, 0.15) is 30.5 Å². The minimum Gasteiger partial charge on any atom is -0.382 e. The van der Waals surface area contributed by atoms with E-state index in [2.05, 4.69) is 0 Å². The highest BCUT2D eigenvalue weighted by Gasteiger charge is 2.30. The molecule has 96 valence electrons. The van der Waals surface area contributed by atoms with Crippen molar-refractivity contribution >= 4 is 0 Å². The molecule has 5 heteroatoms. The molecule has 1 aromatic rings. The van der Waals surface area contributed by atoms with Crippen molar-refractivity contribution in [2.24, 2.45) is 5.73 Å². The summed E-state index contributed by atoms with van der Waals surface area (Å²) in [6, 6.07) is 4.61. The van der Waals surface area contributed by atoms with Crippen molar-refractivity contribution in [3.05, 3.63) is 35.4 Å². The minimum absolute atomic E-state index is 0.0210. The monoisotopic (exact) mass is 247 g/mol. The van der Waals surface area contributed by atoms with Gasteiger partial charge in [-0.1, -0.05) is 12.1 Å². The van der Waals surface area contributed by atoms with Crippen molar-refractivity contribution < 1.29 is 17.9 Å². The first kappa shape index (κ1) is 14.0. The first-order chi connectivity index (χ1) is 7.84. The molecule has 0 saturated heterocycles. The molecule has 0 aliphatic rings. The molecule has 0 heterocycles. The van der Waals surface area contributed by atoms with E-state index in [0.29, 0.717) is 12.0 Å². The predicted octanol–water partition coefficient (Wildman–Crippen LogP) is 3.13. The Labute approximate surface area is 98.6 Å². The lowest BCUT2D eigenvalue weighted by atomic mass is 10.0. The Morgan fingerprint density at radius 2 is 1.76 bits per heavy atom. The van der Waals surface area contributed by atoms with Gasteiger partial charge in [0.05, 0.1) is 11.7 Å². The summed E-state index contributed by atoms with van der Waals surface area (Å²) in [5, 5.41) is 0. The van der Waals surface area contributed by atoms with Crippen molar-refractivity contribution in [3.8, 4) is 0 Å². The van der Waals surface area contributed by atoms with E-state index in [1.165, 1.54) is 12.1 Å². The second-order valence-corrected chi connectivity index (χ2v) is 4.01. The topological polar surface area (TPSA) is 35.2 Å². The zero-order chi connectivity index (χ0) is 13.1. The summed E-state index contributed by atoms with van der Waals surface area (Å²) >= 11 is 0. The highest BCUT2D eigenvalue weighted by Crippen LogP contribution is 2.30. The van der Waals surface area contributed by atoms with Crippen LogP contribution in [0.3, 0.4) is 0 Å². The molecule has 17 heavy (non-hydrogen) atoms. The van der Waals surface area contributed by atoms with Gasteiger partial charge in [-0.05, 0) is 31.0 Å². The van der Waals surface area contributed by atoms with Gasteiger partial charge in [-0.3, -0.25) is 0 Å². The number of halogens is 3. The summed E-state index contributed by atoms with van der Waals surface area (Å²) < 4.78 is 42.1.